The number of amides is 1. The molecule has 3 aromatic rings. The molecule has 2 heterocycles. The van der Waals surface area contributed by atoms with Crippen molar-refractivity contribution in [1.82, 2.24) is 20.5 Å². The van der Waals surface area contributed by atoms with Crippen molar-refractivity contribution < 1.29 is 9.53 Å². The lowest BCUT2D eigenvalue weighted by atomic mass is 10.1. The van der Waals surface area contributed by atoms with Crippen LogP contribution in [-0.2, 0) is 6.42 Å². The molecule has 0 aliphatic carbocycles. The Labute approximate surface area is 146 Å². The van der Waals surface area contributed by atoms with E-state index in [-0.39, 0.29) is 5.91 Å². The molecule has 0 saturated carbocycles. The van der Waals surface area contributed by atoms with Crippen LogP contribution < -0.4 is 10.1 Å². The van der Waals surface area contributed by atoms with Crippen molar-refractivity contribution in [2.24, 2.45) is 0 Å². The number of aromatic nitrogens is 3. The number of carbonyl (C=O) groups is 1. The highest BCUT2D eigenvalue weighted by Gasteiger charge is 2.11. The van der Waals surface area contributed by atoms with Gasteiger partial charge in [0.2, 0.25) is 0 Å². The number of aromatic amines is 1. The number of nitrogens with zero attached hydrogens (tertiary/aromatic N) is 2. The van der Waals surface area contributed by atoms with Crippen LogP contribution in [0.3, 0.4) is 0 Å². The molecule has 25 heavy (non-hydrogen) atoms. The molecular weight excluding hydrogens is 316 g/mol. The fourth-order valence-electron chi connectivity index (χ4n) is 2.42. The highest BCUT2D eigenvalue weighted by molar-refractivity contribution is 5.93. The first-order valence-corrected chi connectivity index (χ1v) is 8.23. The Kier molecular flexibility index (Phi) is 5.41. The second-order valence-electron chi connectivity index (χ2n) is 5.45. The van der Waals surface area contributed by atoms with Gasteiger partial charge in [-0.25, -0.2) is 0 Å². The van der Waals surface area contributed by atoms with E-state index in [2.05, 4.69) is 20.5 Å². The third kappa shape index (κ3) is 4.44. The summed E-state index contributed by atoms with van der Waals surface area (Å²) >= 11 is 0. The minimum absolute atomic E-state index is 0.180. The Bertz CT molecular complexity index is 813. The van der Waals surface area contributed by atoms with Crippen molar-refractivity contribution in [2.45, 2.75) is 13.3 Å². The summed E-state index contributed by atoms with van der Waals surface area (Å²) in [5.41, 5.74) is 3.03. The minimum atomic E-state index is -0.180. The Balaban J connectivity index is 1.57. The van der Waals surface area contributed by atoms with Gasteiger partial charge in [0.15, 0.2) is 0 Å². The number of hydrogen-bond acceptors (Lipinski definition) is 4. The second-order valence-corrected chi connectivity index (χ2v) is 5.45. The van der Waals surface area contributed by atoms with Gasteiger partial charge in [0.1, 0.15) is 11.4 Å². The number of rotatable bonds is 7. The maximum absolute atomic E-state index is 12.2. The molecule has 0 atom stereocenters. The molecule has 6 nitrogen and oxygen atoms in total. The Hall–Kier alpha value is -3.15. The molecule has 1 amide bonds. The molecular formula is C19H20N4O2. The fourth-order valence-corrected chi connectivity index (χ4v) is 2.42. The van der Waals surface area contributed by atoms with E-state index in [0.717, 1.165) is 22.7 Å². The van der Waals surface area contributed by atoms with Crippen LogP contribution in [0.1, 0.15) is 23.1 Å². The van der Waals surface area contributed by atoms with E-state index in [1.807, 2.05) is 49.4 Å². The third-order valence-corrected chi connectivity index (χ3v) is 3.68. The summed E-state index contributed by atoms with van der Waals surface area (Å²) in [6, 6.07) is 15.1. The maximum Gasteiger partial charge on any atom is 0.269 e. The zero-order valence-corrected chi connectivity index (χ0v) is 14.0. The normalized spacial score (nSPS) is 10.4. The average Bonchev–Trinajstić information content (AvgIpc) is 3.14. The lowest BCUT2D eigenvalue weighted by Crippen LogP contribution is -2.26. The van der Waals surface area contributed by atoms with E-state index < -0.39 is 0 Å². The molecule has 0 saturated heterocycles. The van der Waals surface area contributed by atoms with Gasteiger partial charge in [-0.3, -0.25) is 14.9 Å². The fraction of sp³-hybridized carbons (Fsp3) is 0.211. The van der Waals surface area contributed by atoms with Crippen molar-refractivity contribution in [3.8, 4) is 17.0 Å². The van der Waals surface area contributed by atoms with E-state index in [9.17, 15) is 4.79 Å². The smallest absolute Gasteiger partial charge is 0.269 e. The largest absolute Gasteiger partial charge is 0.494 e. The van der Waals surface area contributed by atoms with Crippen LogP contribution in [0.2, 0.25) is 0 Å². The van der Waals surface area contributed by atoms with Crippen molar-refractivity contribution in [2.75, 3.05) is 13.2 Å². The van der Waals surface area contributed by atoms with Crippen LogP contribution in [0.4, 0.5) is 0 Å². The van der Waals surface area contributed by atoms with Gasteiger partial charge in [-0.1, -0.05) is 6.07 Å². The minimum Gasteiger partial charge on any atom is -0.494 e. The standard InChI is InChI=1S/C19H20N4O2/c1-2-25-16-8-6-14(7-9-16)17-13-18(23-22-17)19(24)21-12-10-15-5-3-4-11-20-15/h3-9,11,13H,2,10,12H2,1H3,(H,21,24)(H,22,23). The molecule has 0 unspecified atom stereocenters. The molecule has 3 rings (SSSR count). The predicted octanol–water partition coefficient (Wildman–Crippen LogP) is 2.84. The predicted molar refractivity (Wildman–Crippen MR) is 95.5 cm³/mol. The first kappa shape index (κ1) is 16.7. The van der Waals surface area contributed by atoms with Gasteiger partial charge in [-0.05, 0) is 49.4 Å². The SMILES string of the molecule is CCOc1ccc(-c2cc(C(=O)NCCc3ccccn3)[nH]n2)cc1. The summed E-state index contributed by atoms with van der Waals surface area (Å²) in [4.78, 5) is 16.4. The van der Waals surface area contributed by atoms with Gasteiger partial charge in [-0.2, -0.15) is 5.10 Å². The van der Waals surface area contributed by atoms with Crippen LogP contribution in [-0.4, -0.2) is 34.2 Å². The summed E-state index contributed by atoms with van der Waals surface area (Å²) in [6.45, 7) is 3.10. The molecule has 1 aromatic carbocycles. The van der Waals surface area contributed by atoms with Crippen molar-refractivity contribution in [1.29, 1.82) is 0 Å². The first-order chi connectivity index (χ1) is 12.3. The van der Waals surface area contributed by atoms with Crippen LogP contribution in [0.15, 0.2) is 54.7 Å². The summed E-state index contributed by atoms with van der Waals surface area (Å²) in [6.07, 6.45) is 2.43. The molecule has 2 N–H and O–H groups in total. The zero-order chi connectivity index (χ0) is 17.5. The Morgan fingerprint density at radius 3 is 2.76 bits per heavy atom. The van der Waals surface area contributed by atoms with E-state index in [0.29, 0.717) is 25.3 Å². The second kappa shape index (κ2) is 8.10. The summed E-state index contributed by atoms with van der Waals surface area (Å²) in [5.74, 6) is 0.634. The van der Waals surface area contributed by atoms with Crippen LogP contribution in [0.5, 0.6) is 5.75 Å². The van der Waals surface area contributed by atoms with Crippen molar-refractivity contribution >= 4 is 5.91 Å². The van der Waals surface area contributed by atoms with E-state index in [4.69, 9.17) is 4.74 Å². The number of hydrogen-bond donors (Lipinski definition) is 2. The molecule has 2 aromatic heterocycles. The zero-order valence-electron chi connectivity index (χ0n) is 14.0. The van der Waals surface area contributed by atoms with Crippen molar-refractivity contribution in [3.63, 3.8) is 0 Å². The van der Waals surface area contributed by atoms with Gasteiger partial charge in [-0.15, -0.1) is 0 Å². The van der Waals surface area contributed by atoms with Gasteiger partial charge in [0.05, 0.1) is 12.3 Å². The van der Waals surface area contributed by atoms with E-state index >= 15 is 0 Å². The van der Waals surface area contributed by atoms with E-state index in [1.165, 1.54) is 0 Å². The topological polar surface area (TPSA) is 79.9 Å². The molecule has 0 spiro atoms. The highest BCUT2D eigenvalue weighted by Crippen LogP contribution is 2.21. The molecule has 0 radical (unpaired) electrons. The lowest BCUT2D eigenvalue weighted by Gasteiger charge is -2.03. The Morgan fingerprint density at radius 1 is 1.20 bits per heavy atom. The number of ether oxygens (including phenoxy) is 1. The lowest BCUT2D eigenvalue weighted by molar-refractivity contribution is 0.0949. The number of pyridine rings is 1. The molecule has 0 fully saturated rings. The summed E-state index contributed by atoms with van der Waals surface area (Å²) in [7, 11) is 0. The Morgan fingerprint density at radius 2 is 2.04 bits per heavy atom. The number of H-pyrrole nitrogens is 1. The van der Waals surface area contributed by atoms with Crippen LogP contribution >= 0.6 is 0 Å². The van der Waals surface area contributed by atoms with Crippen LogP contribution in [0.25, 0.3) is 11.3 Å². The van der Waals surface area contributed by atoms with Gasteiger partial charge in [0, 0.05) is 30.4 Å². The molecule has 0 bridgehead atoms. The number of nitrogens with one attached hydrogen (secondary N) is 2. The molecule has 0 aliphatic heterocycles. The van der Waals surface area contributed by atoms with Gasteiger partial charge < -0.3 is 10.1 Å². The number of benzene rings is 1. The van der Waals surface area contributed by atoms with Gasteiger partial charge in [0.25, 0.3) is 5.91 Å². The molecule has 6 heteroatoms. The third-order valence-electron chi connectivity index (χ3n) is 3.68. The molecule has 128 valence electrons. The van der Waals surface area contributed by atoms with Crippen molar-refractivity contribution in [3.05, 3.63) is 66.1 Å². The maximum atomic E-state index is 12.2. The van der Waals surface area contributed by atoms with Crippen LogP contribution in [0, 0.1) is 0 Å². The summed E-state index contributed by atoms with van der Waals surface area (Å²) in [5, 5.41) is 9.86. The average molecular weight is 336 g/mol. The number of carbonyl (C=O) groups excluding carboxylic acids is 1. The van der Waals surface area contributed by atoms with Gasteiger partial charge >= 0.3 is 0 Å². The van der Waals surface area contributed by atoms with E-state index in [1.54, 1.807) is 12.3 Å². The highest BCUT2D eigenvalue weighted by atomic mass is 16.5. The first-order valence-electron chi connectivity index (χ1n) is 8.23. The monoisotopic (exact) mass is 336 g/mol. The molecule has 0 aliphatic rings. The quantitative estimate of drug-likeness (QED) is 0.695. The summed E-state index contributed by atoms with van der Waals surface area (Å²) < 4.78 is 5.42.